The number of rotatable bonds is 7. The molecule has 35 heavy (non-hydrogen) atoms. The summed E-state index contributed by atoms with van der Waals surface area (Å²) in [4.78, 5) is 27.8. The van der Waals surface area contributed by atoms with Gasteiger partial charge < -0.3 is 9.47 Å². The van der Waals surface area contributed by atoms with Gasteiger partial charge in [0.25, 0.3) is 0 Å². The van der Waals surface area contributed by atoms with E-state index in [2.05, 4.69) is 9.98 Å². The van der Waals surface area contributed by atoms with Crippen molar-refractivity contribution in [3.05, 3.63) is 81.1 Å². The molecule has 6 nitrogen and oxygen atoms in total. The molecule has 8 heteroatoms. The highest BCUT2D eigenvalue weighted by Crippen LogP contribution is 2.38. The predicted octanol–water partition coefficient (Wildman–Crippen LogP) is 6.73. The number of fused-ring (bicyclic) bond motifs is 3. The third-order valence-electron chi connectivity index (χ3n) is 5.81. The van der Waals surface area contributed by atoms with Crippen LogP contribution in [0.15, 0.2) is 53.5 Å². The molecule has 0 unspecified atom stereocenters. The van der Waals surface area contributed by atoms with Crippen molar-refractivity contribution in [2.45, 2.75) is 39.2 Å². The Hall–Kier alpha value is -3.29. The first kappa shape index (κ1) is 23.5. The fraction of sp³-hybridized carbons (Fsp3) is 0.259. The number of carbonyl (C=O) groups excluding carboxylic acids is 1. The van der Waals surface area contributed by atoms with Crippen LogP contribution in [0.25, 0.3) is 10.2 Å². The Morgan fingerprint density at radius 1 is 1.09 bits per heavy atom. The molecule has 0 spiro atoms. The Kier molecular flexibility index (Phi) is 7.06. The number of nitrogens with zero attached hydrogens (tertiary/aromatic N) is 3. The predicted molar refractivity (Wildman–Crippen MR) is 139 cm³/mol. The van der Waals surface area contributed by atoms with Gasteiger partial charge in [-0.3, -0.25) is 4.99 Å². The van der Waals surface area contributed by atoms with Gasteiger partial charge in [0.2, 0.25) is 0 Å². The van der Waals surface area contributed by atoms with E-state index in [0.717, 1.165) is 34.3 Å². The maximum Gasteiger partial charge on any atom is 0.338 e. The van der Waals surface area contributed by atoms with Gasteiger partial charge in [0.1, 0.15) is 22.3 Å². The molecule has 0 saturated carbocycles. The number of ether oxygens (including phenoxy) is 2. The third-order valence-corrected chi connectivity index (χ3v) is 7.27. The lowest BCUT2D eigenvalue weighted by molar-refractivity contribution is 0.0526. The van der Waals surface area contributed by atoms with E-state index in [0.29, 0.717) is 28.9 Å². The minimum absolute atomic E-state index is 0.248. The van der Waals surface area contributed by atoms with Gasteiger partial charge in [0, 0.05) is 11.1 Å². The molecule has 4 aromatic rings. The summed E-state index contributed by atoms with van der Waals surface area (Å²) in [6, 6.07) is 14.6. The van der Waals surface area contributed by atoms with E-state index in [1.165, 1.54) is 23.3 Å². The van der Waals surface area contributed by atoms with Crippen LogP contribution in [0, 0.1) is 0 Å². The molecule has 2 aromatic carbocycles. The second-order valence-corrected chi connectivity index (χ2v) is 9.65. The molecule has 1 aliphatic carbocycles. The number of aromatic nitrogens is 2. The summed E-state index contributed by atoms with van der Waals surface area (Å²) in [5, 5.41) is 1.55. The van der Waals surface area contributed by atoms with Crippen LogP contribution in [0.4, 0.5) is 5.69 Å². The van der Waals surface area contributed by atoms with Crippen LogP contribution in [0.5, 0.6) is 5.75 Å². The average molecular weight is 506 g/mol. The summed E-state index contributed by atoms with van der Waals surface area (Å²) in [7, 11) is 0. The van der Waals surface area contributed by atoms with Gasteiger partial charge in [0.05, 0.1) is 23.2 Å². The molecule has 0 fully saturated rings. The number of hydrogen-bond donors (Lipinski definition) is 0. The molecule has 0 atom stereocenters. The van der Waals surface area contributed by atoms with Crippen molar-refractivity contribution in [2.24, 2.45) is 4.99 Å². The number of thiophene rings is 1. The van der Waals surface area contributed by atoms with Crippen LogP contribution in [0.3, 0.4) is 0 Å². The number of benzene rings is 2. The number of hydrogen-bond acceptors (Lipinski definition) is 7. The van der Waals surface area contributed by atoms with Gasteiger partial charge in [-0.1, -0.05) is 11.6 Å². The third kappa shape index (κ3) is 5.36. The molecule has 0 radical (unpaired) electrons. The molecule has 5 rings (SSSR count). The Bertz CT molecular complexity index is 1380. The lowest BCUT2D eigenvalue weighted by Gasteiger charge is -2.10. The van der Waals surface area contributed by atoms with E-state index in [1.807, 2.05) is 24.3 Å². The van der Waals surface area contributed by atoms with E-state index < -0.39 is 0 Å². The second kappa shape index (κ2) is 10.5. The van der Waals surface area contributed by atoms with Crippen LogP contribution in [-0.4, -0.2) is 28.8 Å². The Balaban J connectivity index is 1.21. The number of aliphatic imine (C=N–C) groups is 1. The van der Waals surface area contributed by atoms with Crippen molar-refractivity contribution in [1.82, 2.24) is 9.97 Å². The highest BCUT2D eigenvalue weighted by Gasteiger charge is 2.20. The fourth-order valence-corrected chi connectivity index (χ4v) is 5.70. The first-order valence-corrected chi connectivity index (χ1v) is 12.8. The first-order valence-electron chi connectivity index (χ1n) is 11.6. The second-order valence-electron chi connectivity index (χ2n) is 8.20. The first-order chi connectivity index (χ1) is 17.1. The summed E-state index contributed by atoms with van der Waals surface area (Å²) in [5.41, 5.74) is 3.52. The SMILES string of the molecule is CCOC(=O)c1ccc(N=Cc2ccc(OCc3nc(Cl)c4c5c(sc4n3)CCCC5)cc2)cc1. The van der Waals surface area contributed by atoms with E-state index in [-0.39, 0.29) is 12.6 Å². The highest BCUT2D eigenvalue weighted by molar-refractivity contribution is 7.19. The molecular weight excluding hydrogens is 482 g/mol. The lowest BCUT2D eigenvalue weighted by atomic mass is 9.97. The van der Waals surface area contributed by atoms with Crippen molar-refractivity contribution in [1.29, 1.82) is 0 Å². The van der Waals surface area contributed by atoms with Gasteiger partial charge in [-0.2, -0.15) is 0 Å². The van der Waals surface area contributed by atoms with E-state index in [1.54, 1.807) is 48.7 Å². The minimum atomic E-state index is -0.333. The lowest BCUT2D eigenvalue weighted by Crippen LogP contribution is -2.03. The molecule has 1 aliphatic rings. The maximum atomic E-state index is 11.7. The molecule has 2 aromatic heterocycles. The number of carbonyl (C=O) groups is 1. The van der Waals surface area contributed by atoms with Crippen LogP contribution in [0.1, 0.15) is 52.0 Å². The van der Waals surface area contributed by atoms with E-state index in [4.69, 9.17) is 26.1 Å². The fourth-order valence-electron chi connectivity index (χ4n) is 4.06. The number of aryl methyl sites for hydroxylation is 2. The molecule has 0 amide bonds. The van der Waals surface area contributed by atoms with E-state index >= 15 is 0 Å². The van der Waals surface area contributed by atoms with Crippen molar-refractivity contribution >= 4 is 51.0 Å². The quantitative estimate of drug-likeness (QED) is 0.158. The molecule has 0 bridgehead atoms. The Morgan fingerprint density at radius 3 is 2.63 bits per heavy atom. The monoisotopic (exact) mass is 505 g/mol. The number of halogens is 1. The van der Waals surface area contributed by atoms with Gasteiger partial charge in [-0.25, -0.2) is 14.8 Å². The molecule has 178 valence electrons. The van der Waals surface area contributed by atoms with Crippen molar-refractivity contribution < 1.29 is 14.3 Å². The van der Waals surface area contributed by atoms with E-state index in [9.17, 15) is 4.79 Å². The normalized spacial score (nSPS) is 13.2. The van der Waals surface area contributed by atoms with Crippen LogP contribution in [0.2, 0.25) is 5.15 Å². The molecule has 2 heterocycles. The Labute approximate surface area is 212 Å². The summed E-state index contributed by atoms with van der Waals surface area (Å²) < 4.78 is 10.9. The minimum Gasteiger partial charge on any atom is -0.486 e. The molecule has 0 aliphatic heterocycles. The average Bonchev–Trinajstić information content (AvgIpc) is 3.26. The summed E-state index contributed by atoms with van der Waals surface area (Å²) in [6.45, 7) is 2.38. The van der Waals surface area contributed by atoms with Crippen molar-refractivity contribution in [2.75, 3.05) is 6.61 Å². The zero-order chi connectivity index (χ0) is 24.2. The standard InChI is InChI=1S/C27H24ClN3O3S/c1-2-33-27(32)18-9-11-19(12-10-18)29-15-17-7-13-20(14-8-17)34-16-23-30-25(28)24-21-5-3-4-6-22(21)35-26(24)31-23/h7-15H,2-6,16H2,1H3. The molecular formula is C27H24ClN3O3S. The summed E-state index contributed by atoms with van der Waals surface area (Å²) in [5.74, 6) is 0.963. The number of esters is 1. The summed E-state index contributed by atoms with van der Waals surface area (Å²) >= 11 is 8.26. The van der Waals surface area contributed by atoms with Crippen LogP contribution in [-0.2, 0) is 24.2 Å². The van der Waals surface area contributed by atoms with Gasteiger partial charge >= 0.3 is 5.97 Å². The van der Waals surface area contributed by atoms with Crippen LogP contribution >= 0.6 is 22.9 Å². The largest absolute Gasteiger partial charge is 0.486 e. The van der Waals surface area contributed by atoms with Gasteiger partial charge in [-0.05, 0) is 92.3 Å². The van der Waals surface area contributed by atoms with Gasteiger partial charge in [-0.15, -0.1) is 11.3 Å². The van der Waals surface area contributed by atoms with Crippen LogP contribution < -0.4 is 4.74 Å². The van der Waals surface area contributed by atoms with Crippen molar-refractivity contribution in [3.8, 4) is 5.75 Å². The van der Waals surface area contributed by atoms with Gasteiger partial charge in [0.15, 0.2) is 5.82 Å². The molecule has 0 N–H and O–H groups in total. The summed E-state index contributed by atoms with van der Waals surface area (Å²) in [6.07, 6.45) is 6.35. The smallest absolute Gasteiger partial charge is 0.338 e. The molecule has 0 saturated heterocycles. The zero-order valence-electron chi connectivity index (χ0n) is 19.3. The topological polar surface area (TPSA) is 73.7 Å². The maximum absolute atomic E-state index is 11.7. The van der Waals surface area contributed by atoms with Crippen molar-refractivity contribution in [3.63, 3.8) is 0 Å². The Morgan fingerprint density at radius 2 is 1.86 bits per heavy atom. The zero-order valence-corrected chi connectivity index (χ0v) is 20.9. The highest BCUT2D eigenvalue weighted by atomic mass is 35.5.